The lowest BCUT2D eigenvalue weighted by molar-refractivity contribution is -0.116. The Kier molecular flexibility index (Phi) is 8.68. The summed E-state index contributed by atoms with van der Waals surface area (Å²) in [6.07, 6.45) is 1.56. The van der Waals surface area contributed by atoms with Gasteiger partial charge in [-0.2, -0.15) is 0 Å². The standard InChI is InChI=1S/C19H30N4O.HI/c1-5-20-18(21-11-10-19(2,3)4)22-13-14-12-17(24)23-16-9-7-6-8-15(14)16;/h6-9,14H,5,10-13H2,1-4H3,(H,23,24)(H2,20,21,22);1H. The quantitative estimate of drug-likeness (QED) is 0.358. The minimum Gasteiger partial charge on any atom is -0.357 e. The van der Waals surface area contributed by atoms with Crippen LogP contribution in [-0.2, 0) is 4.79 Å². The van der Waals surface area contributed by atoms with Gasteiger partial charge in [0.15, 0.2) is 5.96 Å². The molecule has 0 saturated heterocycles. The van der Waals surface area contributed by atoms with Crippen LogP contribution in [0.5, 0.6) is 0 Å². The number of guanidine groups is 1. The van der Waals surface area contributed by atoms with E-state index in [0.717, 1.165) is 31.2 Å². The van der Waals surface area contributed by atoms with Crippen molar-refractivity contribution in [2.75, 3.05) is 25.0 Å². The molecule has 6 heteroatoms. The van der Waals surface area contributed by atoms with Gasteiger partial charge < -0.3 is 16.0 Å². The Balaban J connectivity index is 0.00000312. The van der Waals surface area contributed by atoms with Gasteiger partial charge >= 0.3 is 0 Å². The van der Waals surface area contributed by atoms with Crippen molar-refractivity contribution < 1.29 is 4.79 Å². The van der Waals surface area contributed by atoms with Gasteiger partial charge in [0.2, 0.25) is 5.91 Å². The molecule has 25 heavy (non-hydrogen) atoms. The summed E-state index contributed by atoms with van der Waals surface area (Å²) in [4.78, 5) is 16.6. The minimum atomic E-state index is 0. The maximum atomic E-state index is 11.9. The highest BCUT2D eigenvalue weighted by molar-refractivity contribution is 14.0. The first-order valence-corrected chi connectivity index (χ1v) is 8.80. The number of halogens is 1. The second kappa shape index (κ2) is 9.99. The number of nitrogens with zero attached hydrogens (tertiary/aromatic N) is 1. The van der Waals surface area contributed by atoms with Crippen LogP contribution in [0.3, 0.4) is 0 Å². The third-order valence-corrected chi connectivity index (χ3v) is 4.09. The average Bonchev–Trinajstić information content (AvgIpc) is 2.51. The van der Waals surface area contributed by atoms with Crippen molar-refractivity contribution in [2.45, 2.75) is 46.5 Å². The number of aliphatic imine (C=N–C) groups is 1. The van der Waals surface area contributed by atoms with Crippen LogP contribution in [0.1, 0.15) is 52.0 Å². The summed E-state index contributed by atoms with van der Waals surface area (Å²) in [5.74, 6) is 1.03. The number of rotatable bonds is 5. The van der Waals surface area contributed by atoms with Gasteiger partial charge in [-0.15, -0.1) is 24.0 Å². The van der Waals surface area contributed by atoms with Gasteiger partial charge in [0.1, 0.15) is 0 Å². The van der Waals surface area contributed by atoms with Crippen molar-refractivity contribution in [3.05, 3.63) is 29.8 Å². The van der Waals surface area contributed by atoms with E-state index in [1.807, 2.05) is 18.2 Å². The summed E-state index contributed by atoms with van der Waals surface area (Å²) in [5, 5.41) is 9.61. The lowest BCUT2D eigenvalue weighted by atomic mass is 9.91. The van der Waals surface area contributed by atoms with Gasteiger partial charge in [-0.05, 0) is 30.4 Å². The second-order valence-electron chi connectivity index (χ2n) is 7.49. The summed E-state index contributed by atoms with van der Waals surface area (Å²) < 4.78 is 0. The zero-order chi connectivity index (χ0) is 17.6. The first-order valence-electron chi connectivity index (χ1n) is 8.80. The SMILES string of the molecule is CCNC(=NCC1CC(=O)Nc2ccccc21)NCCC(C)(C)C.I. The number of nitrogens with one attached hydrogen (secondary N) is 3. The molecule has 0 fully saturated rings. The topological polar surface area (TPSA) is 65.5 Å². The van der Waals surface area contributed by atoms with E-state index in [1.165, 1.54) is 5.56 Å². The first kappa shape index (κ1) is 21.7. The Labute approximate surface area is 168 Å². The summed E-state index contributed by atoms with van der Waals surface area (Å²) in [7, 11) is 0. The van der Waals surface area contributed by atoms with E-state index in [0.29, 0.717) is 18.4 Å². The number of amides is 1. The van der Waals surface area contributed by atoms with Crippen LogP contribution in [0, 0.1) is 5.41 Å². The maximum absolute atomic E-state index is 11.9. The van der Waals surface area contributed by atoms with E-state index < -0.39 is 0 Å². The summed E-state index contributed by atoms with van der Waals surface area (Å²) in [6.45, 7) is 11.1. The molecule has 1 amide bonds. The van der Waals surface area contributed by atoms with Crippen LogP contribution >= 0.6 is 24.0 Å². The third kappa shape index (κ3) is 7.22. The predicted molar refractivity (Wildman–Crippen MR) is 116 cm³/mol. The average molecular weight is 458 g/mol. The van der Waals surface area contributed by atoms with E-state index in [9.17, 15) is 4.79 Å². The van der Waals surface area contributed by atoms with Crippen molar-refractivity contribution in [1.29, 1.82) is 0 Å². The van der Waals surface area contributed by atoms with E-state index in [-0.39, 0.29) is 35.8 Å². The summed E-state index contributed by atoms with van der Waals surface area (Å²) in [5.41, 5.74) is 2.39. The molecule has 1 heterocycles. The largest absolute Gasteiger partial charge is 0.357 e. The van der Waals surface area contributed by atoms with E-state index >= 15 is 0 Å². The molecule has 1 aliphatic heterocycles. The molecular formula is C19H31IN4O. The Morgan fingerprint density at radius 2 is 2.00 bits per heavy atom. The van der Waals surface area contributed by atoms with Crippen LogP contribution < -0.4 is 16.0 Å². The number of carbonyl (C=O) groups is 1. The van der Waals surface area contributed by atoms with Gasteiger partial charge in [0.25, 0.3) is 0 Å². The number of hydrogen-bond donors (Lipinski definition) is 3. The smallest absolute Gasteiger partial charge is 0.225 e. The molecule has 140 valence electrons. The molecule has 1 aromatic carbocycles. The number of anilines is 1. The van der Waals surface area contributed by atoms with E-state index in [4.69, 9.17) is 4.99 Å². The zero-order valence-corrected chi connectivity index (χ0v) is 18.0. The fraction of sp³-hybridized carbons (Fsp3) is 0.579. The van der Waals surface area contributed by atoms with Crippen molar-refractivity contribution in [3.63, 3.8) is 0 Å². The zero-order valence-electron chi connectivity index (χ0n) is 15.7. The van der Waals surface area contributed by atoms with Gasteiger partial charge in [0, 0.05) is 31.1 Å². The highest BCUT2D eigenvalue weighted by Crippen LogP contribution is 2.31. The van der Waals surface area contributed by atoms with Crippen LogP contribution in [0.25, 0.3) is 0 Å². The monoisotopic (exact) mass is 458 g/mol. The molecule has 2 rings (SSSR count). The maximum Gasteiger partial charge on any atom is 0.225 e. The van der Waals surface area contributed by atoms with Crippen molar-refractivity contribution in [1.82, 2.24) is 10.6 Å². The molecule has 5 nitrogen and oxygen atoms in total. The molecule has 1 unspecified atom stereocenters. The molecule has 1 aliphatic rings. The van der Waals surface area contributed by atoms with Crippen LogP contribution in [0.4, 0.5) is 5.69 Å². The van der Waals surface area contributed by atoms with Gasteiger partial charge in [-0.3, -0.25) is 9.79 Å². The van der Waals surface area contributed by atoms with E-state index in [2.05, 4.69) is 49.7 Å². The highest BCUT2D eigenvalue weighted by Gasteiger charge is 2.24. The van der Waals surface area contributed by atoms with Crippen molar-refractivity contribution in [2.24, 2.45) is 10.4 Å². The van der Waals surface area contributed by atoms with Crippen molar-refractivity contribution >= 4 is 41.5 Å². The van der Waals surface area contributed by atoms with Crippen molar-refractivity contribution in [3.8, 4) is 0 Å². The van der Waals surface area contributed by atoms with Crippen LogP contribution in [0.2, 0.25) is 0 Å². The highest BCUT2D eigenvalue weighted by atomic mass is 127. The Bertz CT molecular complexity index is 595. The number of benzene rings is 1. The van der Waals surface area contributed by atoms with Gasteiger partial charge in [-0.25, -0.2) is 0 Å². The van der Waals surface area contributed by atoms with Crippen LogP contribution in [-0.4, -0.2) is 31.5 Å². The van der Waals surface area contributed by atoms with Gasteiger partial charge in [0.05, 0.1) is 6.54 Å². The number of hydrogen-bond acceptors (Lipinski definition) is 2. The fourth-order valence-corrected chi connectivity index (χ4v) is 2.76. The number of carbonyl (C=O) groups excluding carboxylic acids is 1. The molecule has 3 N–H and O–H groups in total. The van der Waals surface area contributed by atoms with E-state index in [1.54, 1.807) is 0 Å². The molecule has 0 bridgehead atoms. The minimum absolute atomic E-state index is 0. The Hall–Kier alpha value is -1.31. The lowest BCUT2D eigenvalue weighted by Crippen LogP contribution is -2.39. The lowest BCUT2D eigenvalue weighted by Gasteiger charge is -2.25. The third-order valence-electron chi connectivity index (χ3n) is 4.09. The molecule has 1 aromatic rings. The molecular weight excluding hydrogens is 427 g/mol. The van der Waals surface area contributed by atoms with Gasteiger partial charge in [-0.1, -0.05) is 39.0 Å². The Morgan fingerprint density at radius 1 is 1.28 bits per heavy atom. The predicted octanol–water partition coefficient (Wildman–Crippen LogP) is 3.72. The molecule has 0 saturated carbocycles. The number of para-hydroxylation sites is 1. The normalized spacial score (nSPS) is 17.2. The summed E-state index contributed by atoms with van der Waals surface area (Å²) in [6, 6.07) is 7.99. The molecule has 0 aliphatic carbocycles. The molecule has 0 aromatic heterocycles. The first-order chi connectivity index (χ1) is 11.4. The fourth-order valence-electron chi connectivity index (χ4n) is 2.76. The Morgan fingerprint density at radius 3 is 2.68 bits per heavy atom. The van der Waals surface area contributed by atoms with Crippen LogP contribution in [0.15, 0.2) is 29.3 Å². The molecule has 0 spiro atoms. The molecule has 0 radical (unpaired) electrons. The summed E-state index contributed by atoms with van der Waals surface area (Å²) >= 11 is 0. The molecule has 1 atom stereocenters. The second-order valence-corrected chi connectivity index (χ2v) is 7.49. The number of fused-ring (bicyclic) bond motifs is 1.